The Hall–Kier alpha value is -0.810. The molecule has 2 aromatic heterocycles. The molecule has 5 heteroatoms. The van der Waals surface area contributed by atoms with Crippen molar-refractivity contribution in [3.8, 4) is 0 Å². The van der Waals surface area contributed by atoms with Crippen LogP contribution in [0.4, 0.5) is 0 Å². The zero-order valence-corrected chi connectivity index (χ0v) is 8.91. The van der Waals surface area contributed by atoms with E-state index in [1.54, 1.807) is 12.5 Å². The van der Waals surface area contributed by atoms with Crippen molar-refractivity contribution in [3.05, 3.63) is 17.8 Å². The molecule has 0 saturated heterocycles. The number of pyridine rings is 1. The van der Waals surface area contributed by atoms with Crippen molar-refractivity contribution in [1.29, 1.82) is 0 Å². The van der Waals surface area contributed by atoms with Gasteiger partial charge < -0.3 is 0 Å². The van der Waals surface area contributed by atoms with Gasteiger partial charge in [-0.3, -0.25) is 4.21 Å². The summed E-state index contributed by atoms with van der Waals surface area (Å²) in [6, 6.07) is 2.01. The van der Waals surface area contributed by atoms with Gasteiger partial charge in [0.2, 0.25) is 0 Å². The molecule has 2 rings (SSSR count). The summed E-state index contributed by atoms with van der Waals surface area (Å²) in [6.45, 7) is 1.98. The zero-order chi connectivity index (χ0) is 9.42. The highest BCUT2D eigenvalue weighted by atomic mass is 32.2. The van der Waals surface area contributed by atoms with Crippen LogP contribution in [0.5, 0.6) is 0 Å². The van der Waals surface area contributed by atoms with Gasteiger partial charge in [-0.05, 0) is 18.6 Å². The van der Waals surface area contributed by atoms with E-state index in [4.69, 9.17) is 0 Å². The molecule has 1 atom stereocenters. The molecule has 0 saturated carbocycles. The van der Waals surface area contributed by atoms with E-state index in [9.17, 15) is 4.21 Å². The number of fused-ring (bicyclic) bond motifs is 1. The second-order valence-corrected chi connectivity index (χ2v) is 5.35. The van der Waals surface area contributed by atoms with Crippen LogP contribution in [0.3, 0.4) is 0 Å². The molecule has 0 N–H and O–H groups in total. The summed E-state index contributed by atoms with van der Waals surface area (Å²) in [5, 5.41) is 0. The molecular weight excluding hydrogens is 204 g/mol. The highest BCUT2D eigenvalue weighted by molar-refractivity contribution is 7.86. The SMILES string of the molecule is Cc1cnc2nc([S@](C)=O)sc2c1. The monoisotopic (exact) mass is 212 g/mol. The fourth-order valence-corrected chi connectivity index (χ4v) is 2.73. The Morgan fingerprint density at radius 3 is 3.00 bits per heavy atom. The molecule has 2 aromatic rings. The smallest absolute Gasteiger partial charge is 0.183 e. The van der Waals surface area contributed by atoms with Crippen molar-refractivity contribution in [2.45, 2.75) is 11.3 Å². The molecule has 0 aromatic carbocycles. The van der Waals surface area contributed by atoms with Crippen molar-refractivity contribution < 1.29 is 4.21 Å². The van der Waals surface area contributed by atoms with E-state index in [2.05, 4.69) is 9.97 Å². The Labute approximate surface area is 82.3 Å². The summed E-state index contributed by atoms with van der Waals surface area (Å²) in [5.74, 6) is 0. The summed E-state index contributed by atoms with van der Waals surface area (Å²) in [6.07, 6.45) is 3.40. The fraction of sp³-hybridized carbons (Fsp3) is 0.250. The minimum absolute atomic E-state index is 0.646. The fourth-order valence-electron chi connectivity index (χ4n) is 1.02. The van der Waals surface area contributed by atoms with Crippen LogP contribution in [-0.4, -0.2) is 20.4 Å². The lowest BCUT2D eigenvalue weighted by atomic mass is 10.3. The highest BCUT2D eigenvalue weighted by Gasteiger charge is 2.07. The summed E-state index contributed by atoms with van der Waals surface area (Å²) < 4.78 is 12.8. The average Bonchev–Trinajstić information content (AvgIpc) is 2.46. The number of hydrogen-bond donors (Lipinski definition) is 0. The number of aryl methyl sites for hydroxylation is 1. The molecule has 3 nitrogen and oxygen atoms in total. The molecule has 0 aliphatic carbocycles. The first-order valence-electron chi connectivity index (χ1n) is 3.73. The Morgan fingerprint density at radius 2 is 2.31 bits per heavy atom. The molecule has 0 spiro atoms. The third kappa shape index (κ3) is 1.62. The van der Waals surface area contributed by atoms with Crippen LogP contribution in [-0.2, 0) is 10.8 Å². The van der Waals surface area contributed by atoms with Crippen molar-refractivity contribution in [2.75, 3.05) is 6.26 Å². The average molecular weight is 212 g/mol. The Kier molecular flexibility index (Phi) is 2.13. The topological polar surface area (TPSA) is 42.9 Å². The van der Waals surface area contributed by atoms with E-state index in [1.165, 1.54) is 11.3 Å². The van der Waals surface area contributed by atoms with Crippen molar-refractivity contribution >= 4 is 32.5 Å². The van der Waals surface area contributed by atoms with E-state index >= 15 is 0 Å². The second kappa shape index (κ2) is 3.16. The standard InChI is InChI=1S/C8H8N2OS2/c1-5-3-6-7(9-4-5)10-8(12-6)13(2)11/h3-4H,1-2H3/t13-/m0/s1. The number of thiazole rings is 1. The minimum Gasteiger partial charge on any atom is -0.252 e. The molecule has 0 radical (unpaired) electrons. The molecule has 13 heavy (non-hydrogen) atoms. The maximum atomic E-state index is 11.1. The van der Waals surface area contributed by atoms with Gasteiger partial charge in [-0.2, -0.15) is 0 Å². The quantitative estimate of drug-likeness (QED) is 0.723. The van der Waals surface area contributed by atoms with Gasteiger partial charge in [0.1, 0.15) is 0 Å². The van der Waals surface area contributed by atoms with Crippen LogP contribution in [0.15, 0.2) is 16.6 Å². The van der Waals surface area contributed by atoms with Gasteiger partial charge in [0, 0.05) is 12.5 Å². The van der Waals surface area contributed by atoms with Crippen molar-refractivity contribution in [2.24, 2.45) is 0 Å². The van der Waals surface area contributed by atoms with Crippen LogP contribution in [0, 0.1) is 6.92 Å². The van der Waals surface area contributed by atoms with Gasteiger partial charge in [-0.1, -0.05) is 0 Å². The van der Waals surface area contributed by atoms with Crippen LogP contribution >= 0.6 is 11.3 Å². The molecule has 2 heterocycles. The van der Waals surface area contributed by atoms with Gasteiger partial charge in [-0.15, -0.1) is 11.3 Å². The summed E-state index contributed by atoms with van der Waals surface area (Å²) in [7, 11) is -1.00. The number of nitrogens with zero attached hydrogens (tertiary/aromatic N) is 2. The second-order valence-electron chi connectivity index (χ2n) is 2.77. The Bertz CT molecular complexity index is 478. The molecule has 0 fully saturated rings. The van der Waals surface area contributed by atoms with Crippen molar-refractivity contribution in [3.63, 3.8) is 0 Å². The van der Waals surface area contributed by atoms with Gasteiger partial charge in [0.05, 0.1) is 15.5 Å². The third-order valence-electron chi connectivity index (χ3n) is 1.61. The Morgan fingerprint density at radius 1 is 1.54 bits per heavy atom. The predicted molar refractivity (Wildman–Crippen MR) is 54.5 cm³/mol. The molecular formula is C8H8N2OS2. The van der Waals surface area contributed by atoms with Crippen LogP contribution in [0.1, 0.15) is 5.56 Å². The van der Waals surface area contributed by atoms with Gasteiger partial charge in [-0.25, -0.2) is 9.97 Å². The maximum Gasteiger partial charge on any atom is 0.183 e. The Balaban J connectivity index is 2.68. The zero-order valence-electron chi connectivity index (χ0n) is 7.27. The molecule has 0 amide bonds. The number of hydrogen-bond acceptors (Lipinski definition) is 4. The van der Waals surface area contributed by atoms with Gasteiger partial charge in [0.15, 0.2) is 9.99 Å². The number of rotatable bonds is 1. The lowest BCUT2D eigenvalue weighted by Gasteiger charge is -1.87. The molecule has 0 bridgehead atoms. The van der Waals surface area contributed by atoms with E-state index < -0.39 is 10.8 Å². The third-order valence-corrected chi connectivity index (χ3v) is 3.93. The first-order valence-corrected chi connectivity index (χ1v) is 6.11. The predicted octanol–water partition coefficient (Wildman–Crippen LogP) is 1.74. The summed E-state index contributed by atoms with van der Waals surface area (Å²) in [5.41, 5.74) is 1.80. The minimum atomic E-state index is -1.00. The van der Waals surface area contributed by atoms with E-state index in [-0.39, 0.29) is 0 Å². The lowest BCUT2D eigenvalue weighted by molar-refractivity contribution is 0.686. The van der Waals surface area contributed by atoms with Gasteiger partial charge in [0.25, 0.3) is 0 Å². The highest BCUT2D eigenvalue weighted by Crippen LogP contribution is 2.22. The molecule has 0 aliphatic heterocycles. The normalized spacial score (nSPS) is 13.4. The van der Waals surface area contributed by atoms with E-state index in [0.29, 0.717) is 9.99 Å². The van der Waals surface area contributed by atoms with Crippen LogP contribution in [0.25, 0.3) is 10.3 Å². The van der Waals surface area contributed by atoms with Gasteiger partial charge >= 0.3 is 0 Å². The maximum absolute atomic E-state index is 11.1. The first-order chi connectivity index (χ1) is 6.16. The molecule has 0 aliphatic rings. The molecule has 68 valence electrons. The summed E-state index contributed by atoms with van der Waals surface area (Å²) in [4.78, 5) is 8.31. The molecule has 0 unspecified atom stereocenters. The van der Waals surface area contributed by atoms with E-state index in [1.807, 2.05) is 13.0 Å². The number of aromatic nitrogens is 2. The van der Waals surface area contributed by atoms with Crippen LogP contribution in [0.2, 0.25) is 0 Å². The first kappa shape index (κ1) is 8.77. The van der Waals surface area contributed by atoms with Crippen LogP contribution < -0.4 is 0 Å². The largest absolute Gasteiger partial charge is 0.252 e. The van der Waals surface area contributed by atoms with Crippen molar-refractivity contribution in [1.82, 2.24) is 9.97 Å². The summed E-state index contributed by atoms with van der Waals surface area (Å²) >= 11 is 1.45. The van der Waals surface area contributed by atoms with E-state index in [0.717, 1.165) is 10.3 Å². The lowest BCUT2D eigenvalue weighted by Crippen LogP contribution is -1.84.